The van der Waals surface area contributed by atoms with Crippen molar-refractivity contribution in [1.82, 2.24) is 19.3 Å². The Morgan fingerprint density at radius 3 is 1.75 bits per heavy atom. The number of fused-ring (bicyclic) bond motifs is 8. The summed E-state index contributed by atoms with van der Waals surface area (Å²) in [6, 6.07) is 56.8. The Hall–Kier alpha value is -7.12. The molecule has 240 valence electrons. The minimum atomic E-state index is 0.403. The van der Waals surface area contributed by atoms with Crippen LogP contribution < -0.4 is 9.64 Å². The molecule has 7 heteroatoms. The highest BCUT2D eigenvalue weighted by atomic mass is 16.5. The number of hydrogen-bond donors (Lipinski definition) is 0. The summed E-state index contributed by atoms with van der Waals surface area (Å²) >= 11 is 0. The van der Waals surface area contributed by atoms with Gasteiger partial charge in [-0.1, -0.05) is 102 Å². The van der Waals surface area contributed by atoms with Crippen LogP contribution in [0, 0.1) is 0 Å². The fraction of sp³-hybridized carbons (Fsp3) is 0. The molecule has 0 saturated carbocycles. The third-order valence-corrected chi connectivity index (χ3v) is 9.89. The fourth-order valence-corrected chi connectivity index (χ4v) is 7.70. The molecule has 1 aliphatic rings. The van der Waals surface area contributed by atoms with E-state index in [1.165, 1.54) is 5.39 Å². The van der Waals surface area contributed by atoms with Crippen LogP contribution in [-0.2, 0) is 0 Å². The van der Waals surface area contributed by atoms with E-state index in [4.69, 9.17) is 9.15 Å². The molecule has 11 rings (SSSR count). The Bertz CT molecular complexity index is 2920. The zero-order chi connectivity index (χ0) is 33.5. The molecule has 7 aromatic carbocycles. The Labute approximate surface area is 291 Å². The number of ether oxygens (including phenoxy) is 1. The smallest absolute Gasteiger partial charge is 0.329 e. The standard InChI is InChI=1S/C44H27N5O2/c1-2-14-31-28(12-1)13-11-21-34(31)48-35-17-5-3-15-32(35)41-33-16-4-6-18-36(33)49(43(41)48)44-46-45-42(51-44)29-24-26-30(27-25-29)47-37-19-7-9-22-39(37)50-40-23-10-8-20-38(40)47/h1-27H. The molecule has 0 N–H and O–H groups in total. The van der Waals surface area contributed by atoms with Crippen molar-refractivity contribution in [2.45, 2.75) is 0 Å². The summed E-state index contributed by atoms with van der Waals surface area (Å²) in [5.41, 5.74) is 7.96. The largest absolute Gasteiger partial charge is 0.453 e. The lowest BCUT2D eigenvalue weighted by Crippen LogP contribution is -2.15. The van der Waals surface area contributed by atoms with Crippen LogP contribution in [0.1, 0.15) is 0 Å². The molecule has 0 spiro atoms. The summed E-state index contributed by atoms with van der Waals surface area (Å²) in [5.74, 6) is 2.07. The van der Waals surface area contributed by atoms with Crippen molar-refractivity contribution in [3.8, 4) is 34.7 Å². The van der Waals surface area contributed by atoms with Crippen LogP contribution in [0.15, 0.2) is 168 Å². The van der Waals surface area contributed by atoms with Crippen LogP contribution in [0.4, 0.5) is 17.1 Å². The highest BCUT2D eigenvalue weighted by Crippen LogP contribution is 2.50. The number of para-hydroxylation sites is 6. The van der Waals surface area contributed by atoms with Crippen molar-refractivity contribution in [1.29, 1.82) is 0 Å². The first-order valence-electron chi connectivity index (χ1n) is 16.9. The van der Waals surface area contributed by atoms with Crippen LogP contribution in [0.2, 0.25) is 0 Å². The zero-order valence-corrected chi connectivity index (χ0v) is 27.1. The van der Waals surface area contributed by atoms with Crippen molar-refractivity contribution < 1.29 is 9.15 Å². The van der Waals surface area contributed by atoms with Crippen molar-refractivity contribution in [2.24, 2.45) is 0 Å². The van der Waals surface area contributed by atoms with Gasteiger partial charge in [-0.2, -0.15) is 0 Å². The predicted molar refractivity (Wildman–Crippen MR) is 203 cm³/mol. The molecule has 10 aromatic rings. The second-order valence-corrected chi connectivity index (χ2v) is 12.7. The first kappa shape index (κ1) is 27.8. The van der Waals surface area contributed by atoms with Crippen LogP contribution in [0.25, 0.3) is 66.8 Å². The lowest BCUT2D eigenvalue weighted by Gasteiger charge is -2.32. The van der Waals surface area contributed by atoms with Crippen LogP contribution in [0.5, 0.6) is 11.5 Å². The van der Waals surface area contributed by atoms with E-state index in [0.29, 0.717) is 11.9 Å². The summed E-state index contributed by atoms with van der Waals surface area (Å²) in [4.78, 5) is 2.21. The van der Waals surface area contributed by atoms with Gasteiger partial charge in [0.2, 0.25) is 5.89 Å². The number of nitrogens with zero attached hydrogens (tertiary/aromatic N) is 5. The van der Waals surface area contributed by atoms with Gasteiger partial charge in [-0.25, -0.2) is 4.57 Å². The van der Waals surface area contributed by atoms with E-state index in [1.807, 2.05) is 48.5 Å². The Morgan fingerprint density at radius 1 is 0.451 bits per heavy atom. The highest BCUT2D eigenvalue weighted by Gasteiger charge is 2.27. The van der Waals surface area contributed by atoms with Gasteiger partial charge in [0.25, 0.3) is 0 Å². The summed E-state index contributed by atoms with van der Waals surface area (Å²) < 4.78 is 17.3. The molecule has 0 bridgehead atoms. The third kappa shape index (κ3) is 4.06. The lowest BCUT2D eigenvalue weighted by atomic mass is 10.1. The second-order valence-electron chi connectivity index (χ2n) is 12.7. The number of benzene rings is 7. The highest BCUT2D eigenvalue weighted by molar-refractivity contribution is 6.22. The maximum Gasteiger partial charge on any atom is 0.329 e. The van der Waals surface area contributed by atoms with Gasteiger partial charge in [0.15, 0.2) is 11.5 Å². The minimum absolute atomic E-state index is 0.403. The van der Waals surface area contributed by atoms with Gasteiger partial charge in [0, 0.05) is 32.8 Å². The van der Waals surface area contributed by atoms with E-state index in [1.54, 1.807) is 0 Å². The molecule has 0 amide bonds. The normalized spacial score (nSPS) is 12.4. The molecular weight excluding hydrogens is 631 g/mol. The van der Waals surface area contributed by atoms with E-state index < -0.39 is 0 Å². The van der Waals surface area contributed by atoms with E-state index in [-0.39, 0.29) is 0 Å². The van der Waals surface area contributed by atoms with Gasteiger partial charge >= 0.3 is 6.01 Å². The van der Waals surface area contributed by atoms with Crippen LogP contribution in [0.3, 0.4) is 0 Å². The molecule has 4 heterocycles. The first-order valence-corrected chi connectivity index (χ1v) is 16.9. The summed E-state index contributed by atoms with van der Waals surface area (Å²) in [7, 11) is 0. The topological polar surface area (TPSA) is 61.2 Å². The van der Waals surface area contributed by atoms with Gasteiger partial charge in [-0.05, 0) is 72.1 Å². The monoisotopic (exact) mass is 657 g/mol. The minimum Gasteiger partial charge on any atom is -0.453 e. The molecule has 51 heavy (non-hydrogen) atoms. The van der Waals surface area contributed by atoms with Crippen LogP contribution in [-0.4, -0.2) is 19.3 Å². The molecule has 7 nitrogen and oxygen atoms in total. The summed E-state index contributed by atoms with van der Waals surface area (Å²) in [6.45, 7) is 0. The van der Waals surface area contributed by atoms with Crippen molar-refractivity contribution in [3.05, 3.63) is 164 Å². The molecule has 0 aliphatic carbocycles. The zero-order valence-electron chi connectivity index (χ0n) is 27.1. The Morgan fingerprint density at radius 2 is 1.02 bits per heavy atom. The average molecular weight is 658 g/mol. The number of rotatable bonds is 4. The second kappa shape index (κ2) is 10.7. The van der Waals surface area contributed by atoms with E-state index in [9.17, 15) is 0 Å². The molecular formula is C44H27N5O2. The average Bonchev–Trinajstić information content (AvgIpc) is 3.90. The van der Waals surface area contributed by atoms with Crippen molar-refractivity contribution >= 4 is 60.7 Å². The first-order chi connectivity index (χ1) is 25.3. The van der Waals surface area contributed by atoms with E-state index in [2.05, 4.69) is 139 Å². The van der Waals surface area contributed by atoms with Gasteiger partial charge < -0.3 is 14.1 Å². The quantitative estimate of drug-likeness (QED) is 0.188. The predicted octanol–water partition coefficient (Wildman–Crippen LogP) is 11.5. The lowest BCUT2D eigenvalue weighted by molar-refractivity contribution is 0.477. The number of aromatic nitrogens is 4. The maximum atomic E-state index is 6.60. The van der Waals surface area contributed by atoms with Gasteiger partial charge in [0.1, 0.15) is 5.65 Å². The van der Waals surface area contributed by atoms with E-state index in [0.717, 1.165) is 78.0 Å². The summed E-state index contributed by atoms with van der Waals surface area (Å²) in [5, 5.41) is 15.0. The maximum absolute atomic E-state index is 6.60. The SMILES string of the molecule is c1ccc2c(c1)Oc1ccccc1N2c1ccc(-c2nnc(-n3c4ccccc4c4c5ccccc5n(-c5cccc6ccccc56)c43)o2)cc1. The molecule has 0 unspecified atom stereocenters. The number of anilines is 3. The van der Waals surface area contributed by atoms with Crippen molar-refractivity contribution in [3.63, 3.8) is 0 Å². The van der Waals surface area contributed by atoms with Gasteiger partial charge in [0.05, 0.1) is 28.1 Å². The van der Waals surface area contributed by atoms with Gasteiger partial charge in [-0.15, -0.1) is 5.10 Å². The summed E-state index contributed by atoms with van der Waals surface area (Å²) in [6.07, 6.45) is 0. The molecule has 3 aromatic heterocycles. The Balaban J connectivity index is 1.08. The van der Waals surface area contributed by atoms with E-state index >= 15 is 0 Å². The Kier molecular flexibility index (Phi) is 5.83. The number of hydrogen-bond acceptors (Lipinski definition) is 5. The van der Waals surface area contributed by atoms with Gasteiger partial charge in [-0.3, -0.25) is 4.57 Å². The molecule has 1 aliphatic heterocycles. The fourth-order valence-electron chi connectivity index (χ4n) is 7.70. The molecule has 0 fully saturated rings. The third-order valence-electron chi connectivity index (χ3n) is 9.89. The molecule has 0 atom stereocenters. The van der Waals surface area contributed by atoms with Crippen LogP contribution >= 0.6 is 0 Å². The van der Waals surface area contributed by atoms with Crippen molar-refractivity contribution in [2.75, 3.05) is 4.90 Å². The molecule has 0 saturated heterocycles. The molecule has 0 radical (unpaired) electrons.